The molecule has 2 aromatic heterocycles. The Balaban J connectivity index is 1.38. The third-order valence-electron chi connectivity index (χ3n) is 5.57. The number of carbonyl (C=O) groups is 1. The Bertz CT molecular complexity index is 1470. The van der Waals surface area contributed by atoms with Crippen molar-refractivity contribution < 1.29 is 17.6 Å². The fourth-order valence-electron chi connectivity index (χ4n) is 3.99. The second kappa shape index (κ2) is 8.17. The molecule has 0 atom stereocenters. The number of aromatic nitrogens is 1. The molecule has 168 valence electrons. The third-order valence-corrected chi connectivity index (χ3v) is 8.14. The van der Waals surface area contributed by atoms with Crippen LogP contribution >= 0.6 is 11.3 Å². The molecule has 7 nitrogen and oxygen atoms in total. The topological polar surface area (TPSA) is 92.5 Å². The van der Waals surface area contributed by atoms with Gasteiger partial charge in [-0.1, -0.05) is 24.3 Å². The van der Waals surface area contributed by atoms with Crippen molar-refractivity contribution in [3.63, 3.8) is 0 Å². The first-order valence-electron chi connectivity index (χ1n) is 10.4. The Morgan fingerprint density at radius 2 is 1.94 bits per heavy atom. The Morgan fingerprint density at radius 1 is 1.12 bits per heavy atom. The van der Waals surface area contributed by atoms with Crippen LogP contribution in [-0.2, 0) is 16.4 Å². The van der Waals surface area contributed by atoms with Gasteiger partial charge in [-0.05, 0) is 56.2 Å². The van der Waals surface area contributed by atoms with Crippen LogP contribution in [0.15, 0.2) is 69.3 Å². The fourth-order valence-corrected chi connectivity index (χ4v) is 6.25. The van der Waals surface area contributed by atoms with E-state index in [4.69, 9.17) is 4.42 Å². The molecule has 1 N–H and O–H groups in total. The number of nitrogens with one attached hydrogen (secondary N) is 1. The monoisotopic (exact) mass is 479 g/mol. The van der Waals surface area contributed by atoms with Gasteiger partial charge in [-0.15, -0.1) is 11.3 Å². The largest absolute Gasteiger partial charge is 0.466 e. The molecule has 0 bridgehead atoms. The predicted molar refractivity (Wildman–Crippen MR) is 128 cm³/mol. The van der Waals surface area contributed by atoms with E-state index in [1.54, 1.807) is 18.2 Å². The van der Waals surface area contributed by atoms with E-state index in [0.29, 0.717) is 29.5 Å². The average molecular weight is 480 g/mol. The van der Waals surface area contributed by atoms with E-state index < -0.39 is 15.9 Å². The smallest absolute Gasteiger partial charge is 0.264 e. The van der Waals surface area contributed by atoms with Crippen LogP contribution in [0.1, 0.15) is 27.4 Å². The Kier molecular flexibility index (Phi) is 5.30. The highest BCUT2D eigenvalue weighted by molar-refractivity contribution is 7.92. The molecule has 0 fully saturated rings. The van der Waals surface area contributed by atoms with Gasteiger partial charge in [0.1, 0.15) is 11.5 Å². The molecule has 0 radical (unpaired) electrons. The zero-order chi connectivity index (χ0) is 23.2. The van der Waals surface area contributed by atoms with Crippen molar-refractivity contribution in [1.29, 1.82) is 0 Å². The summed E-state index contributed by atoms with van der Waals surface area (Å²) in [5.74, 6) is 1.13. The lowest BCUT2D eigenvalue weighted by Crippen LogP contribution is -2.29. The van der Waals surface area contributed by atoms with Gasteiger partial charge in [0.2, 0.25) is 0 Å². The minimum absolute atomic E-state index is 0.0798. The minimum Gasteiger partial charge on any atom is -0.466 e. The van der Waals surface area contributed by atoms with Crippen molar-refractivity contribution in [2.75, 3.05) is 16.2 Å². The number of thiazole rings is 1. The Labute approximate surface area is 195 Å². The Morgan fingerprint density at radius 3 is 2.73 bits per heavy atom. The van der Waals surface area contributed by atoms with Gasteiger partial charge in [-0.3, -0.25) is 14.4 Å². The van der Waals surface area contributed by atoms with Crippen molar-refractivity contribution in [3.05, 3.63) is 82.6 Å². The molecule has 0 saturated carbocycles. The fraction of sp³-hybridized carbons (Fsp3) is 0.167. The number of fused-ring (bicyclic) bond motifs is 1. The molecular formula is C24H21N3O4S2. The number of sulfonamides is 1. The number of amides is 1. The number of anilines is 2. The number of carbonyl (C=O) groups excluding carboxylic acids is 1. The van der Waals surface area contributed by atoms with E-state index in [0.717, 1.165) is 22.6 Å². The summed E-state index contributed by atoms with van der Waals surface area (Å²) in [5.41, 5.74) is 3.53. The lowest BCUT2D eigenvalue weighted by atomic mass is 10.2. The van der Waals surface area contributed by atoms with Gasteiger partial charge in [-0.25, -0.2) is 13.4 Å². The highest BCUT2D eigenvalue weighted by Crippen LogP contribution is 2.33. The summed E-state index contributed by atoms with van der Waals surface area (Å²) in [6.07, 6.45) is 0.664. The maximum absolute atomic E-state index is 13.3. The standard InChI is InChI=1S/C24H21N3O4S2/c1-15-12-20(16(2)31-15)21-14-32-24(25-21)26-23(28)18-7-5-8-19(13-18)33(29,30)27-11-10-17-6-3-4-9-22(17)27/h3-9,12-14H,10-11H2,1-2H3,(H,25,26,28). The van der Waals surface area contributed by atoms with Gasteiger partial charge < -0.3 is 4.42 Å². The molecule has 0 saturated heterocycles. The number of hydrogen-bond donors (Lipinski definition) is 1. The molecule has 1 amide bonds. The first kappa shape index (κ1) is 21.4. The van der Waals surface area contributed by atoms with E-state index >= 15 is 0 Å². The summed E-state index contributed by atoms with van der Waals surface area (Å²) in [5, 5.41) is 5.04. The van der Waals surface area contributed by atoms with E-state index in [1.807, 2.05) is 43.5 Å². The van der Waals surface area contributed by atoms with Crippen LogP contribution in [0, 0.1) is 13.8 Å². The number of hydrogen-bond acceptors (Lipinski definition) is 6. The van der Waals surface area contributed by atoms with Gasteiger partial charge >= 0.3 is 0 Å². The van der Waals surface area contributed by atoms with Crippen LogP contribution in [0.3, 0.4) is 0 Å². The van der Waals surface area contributed by atoms with Crippen molar-refractivity contribution in [1.82, 2.24) is 4.98 Å². The predicted octanol–water partition coefficient (Wildman–Crippen LogP) is 5.02. The second-order valence-electron chi connectivity index (χ2n) is 7.80. The van der Waals surface area contributed by atoms with Crippen molar-refractivity contribution in [2.24, 2.45) is 0 Å². The molecule has 0 unspecified atom stereocenters. The van der Waals surface area contributed by atoms with E-state index in [2.05, 4.69) is 10.3 Å². The maximum atomic E-state index is 13.3. The lowest BCUT2D eigenvalue weighted by molar-refractivity contribution is 0.102. The highest BCUT2D eigenvalue weighted by Gasteiger charge is 2.31. The highest BCUT2D eigenvalue weighted by atomic mass is 32.2. The average Bonchev–Trinajstić information content (AvgIpc) is 3.52. The molecular weight excluding hydrogens is 458 g/mol. The number of aryl methyl sites for hydroxylation is 2. The van der Waals surface area contributed by atoms with Crippen LogP contribution in [0.5, 0.6) is 0 Å². The number of para-hydroxylation sites is 1. The molecule has 9 heteroatoms. The van der Waals surface area contributed by atoms with Crippen molar-refractivity contribution >= 4 is 38.1 Å². The minimum atomic E-state index is -3.79. The molecule has 1 aliphatic heterocycles. The molecule has 2 aromatic carbocycles. The van der Waals surface area contributed by atoms with Crippen LogP contribution < -0.4 is 9.62 Å². The molecule has 3 heterocycles. The van der Waals surface area contributed by atoms with Crippen LogP contribution in [0.2, 0.25) is 0 Å². The maximum Gasteiger partial charge on any atom is 0.264 e. The van der Waals surface area contributed by atoms with Gasteiger partial charge in [0, 0.05) is 23.1 Å². The summed E-state index contributed by atoms with van der Waals surface area (Å²) >= 11 is 1.30. The van der Waals surface area contributed by atoms with Crippen LogP contribution in [0.4, 0.5) is 10.8 Å². The first-order chi connectivity index (χ1) is 15.8. The molecule has 0 spiro atoms. The van der Waals surface area contributed by atoms with Gasteiger partial charge in [-0.2, -0.15) is 0 Å². The van der Waals surface area contributed by atoms with E-state index in [9.17, 15) is 13.2 Å². The summed E-state index contributed by atoms with van der Waals surface area (Å²) in [7, 11) is -3.79. The number of rotatable bonds is 5. The third kappa shape index (κ3) is 3.94. The first-order valence-corrected chi connectivity index (χ1v) is 12.7. The van der Waals surface area contributed by atoms with E-state index in [1.165, 1.54) is 27.8 Å². The zero-order valence-electron chi connectivity index (χ0n) is 18.0. The molecule has 33 heavy (non-hydrogen) atoms. The zero-order valence-corrected chi connectivity index (χ0v) is 19.7. The van der Waals surface area contributed by atoms with Crippen molar-refractivity contribution in [3.8, 4) is 11.3 Å². The SMILES string of the molecule is Cc1cc(-c2csc(NC(=O)c3cccc(S(=O)(=O)N4CCc5ccccc54)c3)n2)c(C)o1. The van der Waals surface area contributed by atoms with Gasteiger partial charge in [0.05, 0.1) is 16.3 Å². The number of furan rings is 1. The van der Waals surface area contributed by atoms with Crippen molar-refractivity contribution in [2.45, 2.75) is 25.2 Å². The number of benzene rings is 2. The molecule has 1 aliphatic rings. The van der Waals surface area contributed by atoms with Gasteiger partial charge in [0.25, 0.3) is 15.9 Å². The van der Waals surface area contributed by atoms with E-state index in [-0.39, 0.29) is 10.5 Å². The molecule has 4 aromatic rings. The second-order valence-corrected chi connectivity index (χ2v) is 10.5. The molecule has 0 aliphatic carbocycles. The van der Waals surface area contributed by atoms with Gasteiger partial charge in [0.15, 0.2) is 5.13 Å². The summed E-state index contributed by atoms with van der Waals surface area (Å²) in [4.78, 5) is 17.4. The van der Waals surface area contributed by atoms with Crippen LogP contribution in [0.25, 0.3) is 11.3 Å². The summed E-state index contributed by atoms with van der Waals surface area (Å²) < 4.78 is 33.6. The van der Waals surface area contributed by atoms with Crippen LogP contribution in [-0.4, -0.2) is 25.9 Å². The summed E-state index contributed by atoms with van der Waals surface area (Å²) in [6, 6.07) is 15.5. The Hall–Kier alpha value is -3.43. The normalized spacial score (nSPS) is 13.2. The summed E-state index contributed by atoms with van der Waals surface area (Å²) in [6.45, 7) is 4.12. The quantitative estimate of drug-likeness (QED) is 0.434. The number of nitrogens with zero attached hydrogens (tertiary/aromatic N) is 2. The molecule has 5 rings (SSSR count). The lowest BCUT2D eigenvalue weighted by Gasteiger charge is -2.19.